The monoisotopic (exact) mass is 386 g/mol. The number of hydrogen-bond donors (Lipinski definition) is 2. The zero-order chi connectivity index (χ0) is 20.7. The Bertz CT molecular complexity index is 908. The molecule has 0 atom stereocenters. The van der Waals surface area contributed by atoms with Crippen molar-refractivity contribution in [1.29, 1.82) is 0 Å². The van der Waals surface area contributed by atoms with Crippen LogP contribution in [0.1, 0.15) is 15.9 Å². The van der Waals surface area contributed by atoms with Crippen molar-refractivity contribution in [2.24, 2.45) is 5.73 Å². The van der Waals surface area contributed by atoms with Crippen LogP contribution in [-0.4, -0.2) is 40.3 Å². The summed E-state index contributed by atoms with van der Waals surface area (Å²) in [6.45, 7) is 0. The van der Waals surface area contributed by atoms with Gasteiger partial charge in [-0.1, -0.05) is 6.07 Å². The molecular weight excluding hydrogens is 364 g/mol. The molecule has 0 radical (unpaired) electrons. The van der Waals surface area contributed by atoms with Crippen molar-refractivity contribution in [1.82, 2.24) is 0 Å². The normalized spacial score (nSPS) is 10.4. The molecule has 0 bridgehead atoms. The van der Waals surface area contributed by atoms with Crippen LogP contribution in [0.2, 0.25) is 0 Å². The van der Waals surface area contributed by atoms with Gasteiger partial charge in [0.25, 0.3) is 5.91 Å². The molecule has 8 heteroatoms. The summed E-state index contributed by atoms with van der Waals surface area (Å²) in [5.74, 6) is 0.646. The predicted molar refractivity (Wildman–Crippen MR) is 105 cm³/mol. The topological polar surface area (TPSA) is 109 Å². The molecule has 2 amide bonds. The van der Waals surface area contributed by atoms with Crippen LogP contribution in [0, 0.1) is 0 Å². The van der Waals surface area contributed by atoms with E-state index in [0.717, 1.165) is 5.56 Å². The largest absolute Gasteiger partial charge is 0.493 e. The Hall–Kier alpha value is -3.68. The number of anilines is 1. The van der Waals surface area contributed by atoms with Crippen molar-refractivity contribution in [3.05, 3.63) is 47.5 Å². The first-order valence-corrected chi connectivity index (χ1v) is 8.20. The van der Waals surface area contributed by atoms with Crippen molar-refractivity contribution in [3.8, 4) is 23.0 Å². The molecule has 148 valence electrons. The van der Waals surface area contributed by atoms with E-state index in [0.29, 0.717) is 23.0 Å². The lowest BCUT2D eigenvalue weighted by Crippen LogP contribution is -2.17. The van der Waals surface area contributed by atoms with E-state index in [1.165, 1.54) is 39.5 Å². The minimum Gasteiger partial charge on any atom is -0.493 e. The van der Waals surface area contributed by atoms with Gasteiger partial charge in [0.15, 0.2) is 23.0 Å². The zero-order valence-corrected chi connectivity index (χ0v) is 16.1. The van der Waals surface area contributed by atoms with Gasteiger partial charge in [0.1, 0.15) is 0 Å². The lowest BCUT2D eigenvalue weighted by molar-refractivity contribution is -0.111. The Labute approximate surface area is 162 Å². The molecule has 0 aliphatic carbocycles. The Morgan fingerprint density at radius 2 is 1.43 bits per heavy atom. The fourth-order valence-corrected chi connectivity index (χ4v) is 2.49. The molecule has 0 saturated heterocycles. The summed E-state index contributed by atoms with van der Waals surface area (Å²) < 4.78 is 20.8. The van der Waals surface area contributed by atoms with E-state index in [9.17, 15) is 9.59 Å². The number of amides is 2. The van der Waals surface area contributed by atoms with E-state index in [1.54, 1.807) is 31.4 Å². The quantitative estimate of drug-likeness (QED) is 0.675. The van der Waals surface area contributed by atoms with Crippen molar-refractivity contribution in [2.75, 3.05) is 33.8 Å². The Morgan fingerprint density at radius 1 is 0.857 bits per heavy atom. The zero-order valence-electron chi connectivity index (χ0n) is 16.1. The molecule has 28 heavy (non-hydrogen) atoms. The molecule has 0 heterocycles. The molecule has 2 aromatic carbocycles. The summed E-state index contributed by atoms with van der Waals surface area (Å²) in [7, 11) is 5.96. The summed E-state index contributed by atoms with van der Waals surface area (Å²) in [5, 5.41) is 2.62. The van der Waals surface area contributed by atoms with Gasteiger partial charge in [0, 0.05) is 12.1 Å². The van der Waals surface area contributed by atoms with E-state index in [1.807, 2.05) is 0 Å². The lowest BCUT2D eigenvalue weighted by Gasteiger charge is -2.13. The van der Waals surface area contributed by atoms with E-state index >= 15 is 0 Å². The van der Waals surface area contributed by atoms with E-state index in [2.05, 4.69) is 5.32 Å². The summed E-state index contributed by atoms with van der Waals surface area (Å²) >= 11 is 0. The van der Waals surface area contributed by atoms with E-state index in [-0.39, 0.29) is 11.3 Å². The third kappa shape index (κ3) is 4.73. The van der Waals surface area contributed by atoms with Crippen molar-refractivity contribution >= 4 is 23.6 Å². The van der Waals surface area contributed by atoms with Crippen LogP contribution >= 0.6 is 0 Å². The van der Waals surface area contributed by atoms with Crippen LogP contribution in [-0.2, 0) is 4.79 Å². The lowest BCUT2D eigenvalue weighted by atomic mass is 10.1. The molecule has 8 nitrogen and oxygen atoms in total. The van der Waals surface area contributed by atoms with Crippen LogP contribution in [0.5, 0.6) is 23.0 Å². The molecule has 0 spiro atoms. The predicted octanol–water partition coefficient (Wildman–Crippen LogP) is 2.47. The minimum atomic E-state index is -0.708. The molecule has 2 aromatic rings. The maximum Gasteiger partial charge on any atom is 0.250 e. The molecule has 0 saturated carbocycles. The third-order valence-corrected chi connectivity index (χ3v) is 3.88. The summed E-state index contributed by atoms with van der Waals surface area (Å²) in [4.78, 5) is 24.0. The van der Waals surface area contributed by atoms with Crippen LogP contribution < -0.4 is 30.0 Å². The van der Waals surface area contributed by atoms with Gasteiger partial charge in [0.2, 0.25) is 5.91 Å². The second kappa shape index (κ2) is 9.31. The van der Waals surface area contributed by atoms with Gasteiger partial charge in [-0.3, -0.25) is 9.59 Å². The van der Waals surface area contributed by atoms with Crippen molar-refractivity contribution in [2.45, 2.75) is 0 Å². The first kappa shape index (κ1) is 20.6. The first-order valence-electron chi connectivity index (χ1n) is 8.20. The van der Waals surface area contributed by atoms with Crippen molar-refractivity contribution in [3.63, 3.8) is 0 Å². The smallest absolute Gasteiger partial charge is 0.250 e. The van der Waals surface area contributed by atoms with Gasteiger partial charge in [0.05, 0.1) is 39.7 Å². The van der Waals surface area contributed by atoms with Crippen LogP contribution in [0.4, 0.5) is 5.69 Å². The van der Waals surface area contributed by atoms with Gasteiger partial charge in [-0.2, -0.15) is 0 Å². The molecule has 0 fully saturated rings. The highest BCUT2D eigenvalue weighted by atomic mass is 16.5. The number of benzene rings is 2. The number of methoxy groups -OCH3 is 4. The SMILES string of the molecule is COc1ccc(/C=C/C(=O)Nc2cc(OC)c(OC)cc2C(N)=O)cc1OC. The molecule has 0 aliphatic heterocycles. The van der Waals surface area contributed by atoms with E-state index in [4.69, 9.17) is 24.7 Å². The molecule has 3 N–H and O–H groups in total. The number of carbonyl (C=O) groups excluding carboxylic acids is 2. The second-order valence-corrected chi connectivity index (χ2v) is 5.55. The van der Waals surface area contributed by atoms with Gasteiger partial charge >= 0.3 is 0 Å². The summed E-state index contributed by atoms with van der Waals surface area (Å²) in [5.41, 5.74) is 6.45. The molecular formula is C20H22N2O6. The second-order valence-electron chi connectivity index (χ2n) is 5.55. The maximum atomic E-state index is 12.3. The summed E-state index contributed by atoms with van der Waals surface area (Å²) in [6, 6.07) is 8.12. The molecule has 0 unspecified atom stereocenters. The van der Waals surface area contributed by atoms with Gasteiger partial charge in [-0.25, -0.2) is 0 Å². The highest BCUT2D eigenvalue weighted by Gasteiger charge is 2.16. The average molecular weight is 386 g/mol. The fraction of sp³-hybridized carbons (Fsp3) is 0.200. The highest BCUT2D eigenvalue weighted by molar-refractivity contribution is 6.07. The molecule has 0 aliphatic rings. The van der Waals surface area contributed by atoms with E-state index < -0.39 is 11.8 Å². The first-order chi connectivity index (χ1) is 13.4. The Morgan fingerprint density at radius 3 is 2.00 bits per heavy atom. The standard InChI is InChI=1S/C20H22N2O6/c1-25-15-7-5-12(9-16(15)26-2)6-8-19(23)22-14-11-18(28-4)17(27-3)10-13(14)20(21)24/h5-11H,1-4H3,(H2,21,24)(H,22,23)/b8-6+. The number of nitrogens with one attached hydrogen (secondary N) is 1. The highest BCUT2D eigenvalue weighted by Crippen LogP contribution is 2.33. The minimum absolute atomic E-state index is 0.102. The third-order valence-electron chi connectivity index (χ3n) is 3.88. The number of primary amides is 1. The fourth-order valence-electron chi connectivity index (χ4n) is 2.49. The molecule has 2 rings (SSSR count). The summed E-state index contributed by atoms with van der Waals surface area (Å²) in [6.07, 6.45) is 2.92. The number of ether oxygens (including phenoxy) is 4. The van der Waals surface area contributed by atoms with Crippen molar-refractivity contribution < 1.29 is 28.5 Å². The Balaban J connectivity index is 2.25. The molecule has 0 aromatic heterocycles. The van der Waals surface area contributed by atoms with Crippen LogP contribution in [0.3, 0.4) is 0 Å². The number of nitrogens with two attached hydrogens (primary N) is 1. The van der Waals surface area contributed by atoms with Gasteiger partial charge in [-0.15, -0.1) is 0 Å². The average Bonchev–Trinajstić information content (AvgIpc) is 2.71. The number of hydrogen-bond acceptors (Lipinski definition) is 6. The maximum absolute atomic E-state index is 12.3. The number of carbonyl (C=O) groups is 2. The Kier molecular flexibility index (Phi) is 6.86. The van der Waals surface area contributed by atoms with Crippen LogP contribution in [0.25, 0.3) is 6.08 Å². The van der Waals surface area contributed by atoms with Gasteiger partial charge < -0.3 is 30.0 Å². The number of rotatable bonds is 8. The van der Waals surface area contributed by atoms with Crippen LogP contribution in [0.15, 0.2) is 36.4 Å². The van der Waals surface area contributed by atoms with Gasteiger partial charge in [-0.05, 0) is 29.8 Å².